The molecule has 0 aliphatic carbocycles. The Balaban J connectivity index is 3.16. The summed E-state index contributed by atoms with van der Waals surface area (Å²) in [6, 6.07) is 4.20. The third kappa shape index (κ3) is 2.36. The van der Waals surface area contributed by atoms with Crippen LogP contribution in [0.4, 0.5) is 0 Å². The number of hydrogen-bond donors (Lipinski definition) is 2. The van der Waals surface area contributed by atoms with Crippen molar-refractivity contribution < 1.29 is 14.6 Å². The van der Waals surface area contributed by atoms with Crippen molar-refractivity contribution in [3.8, 4) is 5.75 Å². The van der Waals surface area contributed by atoms with Crippen LogP contribution >= 0.6 is 22.6 Å². The number of ether oxygens (including phenoxy) is 1. The zero-order valence-corrected chi connectivity index (χ0v) is 9.69. The summed E-state index contributed by atoms with van der Waals surface area (Å²) in [4.78, 5) is 10.7. The molecule has 3 N–H and O–H groups in total. The molecule has 14 heavy (non-hydrogen) atoms. The van der Waals surface area contributed by atoms with E-state index in [4.69, 9.17) is 15.6 Å². The Labute approximate surface area is 95.2 Å². The van der Waals surface area contributed by atoms with Crippen LogP contribution in [-0.4, -0.2) is 18.2 Å². The van der Waals surface area contributed by atoms with Crippen molar-refractivity contribution in [3.63, 3.8) is 0 Å². The quantitative estimate of drug-likeness (QED) is 0.828. The third-order valence-electron chi connectivity index (χ3n) is 1.79. The largest absolute Gasteiger partial charge is 0.496 e. The normalized spacial score (nSPS) is 12.2. The van der Waals surface area contributed by atoms with E-state index in [0.29, 0.717) is 11.3 Å². The van der Waals surface area contributed by atoms with Crippen LogP contribution in [0, 0.1) is 3.57 Å². The summed E-state index contributed by atoms with van der Waals surface area (Å²) in [5.41, 5.74) is 5.99. The molecular weight excluding hydrogens is 297 g/mol. The van der Waals surface area contributed by atoms with E-state index < -0.39 is 12.0 Å². The van der Waals surface area contributed by atoms with Gasteiger partial charge >= 0.3 is 5.97 Å². The molecule has 5 heteroatoms. The standard InChI is InChI=1S/C9H10INO3/c1-14-7-3-2-5(10)4-6(7)8(11)9(12)13/h2-4,8H,11H2,1H3,(H,12,13)/t8-/m0/s1. The molecule has 1 atom stereocenters. The van der Waals surface area contributed by atoms with E-state index in [1.54, 1.807) is 12.1 Å². The first kappa shape index (κ1) is 11.3. The summed E-state index contributed by atoms with van der Waals surface area (Å²) in [7, 11) is 1.49. The molecule has 76 valence electrons. The lowest BCUT2D eigenvalue weighted by Gasteiger charge is -2.12. The van der Waals surface area contributed by atoms with Gasteiger partial charge in [0, 0.05) is 9.13 Å². The summed E-state index contributed by atoms with van der Waals surface area (Å²) in [5.74, 6) is -0.564. The lowest BCUT2D eigenvalue weighted by atomic mass is 10.1. The van der Waals surface area contributed by atoms with Crippen LogP contribution in [0.1, 0.15) is 11.6 Å². The molecule has 4 nitrogen and oxygen atoms in total. The van der Waals surface area contributed by atoms with E-state index in [1.165, 1.54) is 7.11 Å². The van der Waals surface area contributed by atoms with Crippen molar-refractivity contribution in [1.82, 2.24) is 0 Å². The van der Waals surface area contributed by atoms with Gasteiger partial charge in [0.1, 0.15) is 11.8 Å². The van der Waals surface area contributed by atoms with Crippen LogP contribution in [0.3, 0.4) is 0 Å². The zero-order chi connectivity index (χ0) is 10.7. The highest BCUT2D eigenvalue weighted by Gasteiger charge is 2.18. The number of methoxy groups -OCH3 is 1. The molecule has 0 aliphatic heterocycles. The number of nitrogens with two attached hydrogens (primary N) is 1. The van der Waals surface area contributed by atoms with Gasteiger partial charge in [-0.05, 0) is 40.8 Å². The van der Waals surface area contributed by atoms with E-state index in [0.717, 1.165) is 3.57 Å². The van der Waals surface area contributed by atoms with Gasteiger partial charge in [0.25, 0.3) is 0 Å². The van der Waals surface area contributed by atoms with Crippen molar-refractivity contribution in [2.45, 2.75) is 6.04 Å². The second-order valence-electron chi connectivity index (χ2n) is 2.70. The second kappa shape index (κ2) is 4.61. The molecule has 1 aromatic carbocycles. The highest BCUT2D eigenvalue weighted by atomic mass is 127. The topological polar surface area (TPSA) is 72.5 Å². The summed E-state index contributed by atoms with van der Waals surface area (Å²) < 4.78 is 5.95. The lowest BCUT2D eigenvalue weighted by molar-refractivity contribution is -0.138. The van der Waals surface area contributed by atoms with Crippen molar-refractivity contribution >= 4 is 28.6 Å². The maximum Gasteiger partial charge on any atom is 0.325 e. The van der Waals surface area contributed by atoms with Crippen LogP contribution < -0.4 is 10.5 Å². The van der Waals surface area contributed by atoms with Gasteiger partial charge in [-0.3, -0.25) is 4.79 Å². The molecule has 0 aliphatic rings. The molecule has 0 bridgehead atoms. The van der Waals surface area contributed by atoms with Gasteiger partial charge < -0.3 is 15.6 Å². The van der Waals surface area contributed by atoms with E-state index in [1.807, 2.05) is 6.07 Å². The number of hydrogen-bond acceptors (Lipinski definition) is 3. The Morgan fingerprint density at radius 2 is 2.29 bits per heavy atom. The molecule has 1 aromatic rings. The van der Waals surface area contributed by atoms with Crippen LogP contribution in [0.5, 0.6) is 5.75 Å². The number of rotatable bonds is 3. The fraction of sp³-hybridized carbons (Fsp3) is 0.222. The predicted octanol–water partition coefficient (Wildman–Crippen LogP) is 1.38. The Morgan fingerprint density at radius 1 is 1.64 bits per heavy atom. The summed E-state index contributed by atoms with van der Waals surface area (Å²) in [5, 5.41) is 8.76. The maximum absolute atomic E-state index is 10.7. The van der Waals surface area contributed by atoms with Crippen molar-refractivity contribution in [2.24, 2.45) is 5.73 Å². The fourth-order valence-electron chi connectivity index (χ4n) is 1.08. The molecule has 0 spiro atoms. The number of halogens is 1. The first-order chi connectivity index (χ1) is 6.56. The zero-order valence-electron chi connectivity index (χ0n) is 7.53. The number of carboxylic acid groups (broad SMARTS) is 1. The highest BCUT2D eigenvalue weighted by Crippen LogP contribution is 2.25. The monoisotopic (exact) mass is 307 g/mol. The number of carbonyl (C=O) groups is 1. The molecule has 0 saturated carbocycles. The minimum atomic E-state index is -1.06. The highest BCUT2D eigenvalue weighted by molar-refractivity contribution is 14.1. The van der Waals surface area contributed by atoms with Crippen molar-refractivity contribution in [3.05, 3.63) is 27.3 Å². The van der Waals surface area contributed by atoms with Gasteiger partial charge in [-0.25, -0.2) is 0 Å². The average Bonchev–Trinajstić information content (AvgIpc) is 2.16. The van der Waals surface area contributed by atoms with Crippen molar-refractivity contribution in [2.75, 3.05) is 7.11 Å². The van der Waals surface area contributed by atoms with E-state index in [-0.39, 0.29) is 0 Å². The summed E-state index contributed by atoms with van der Waals surface area (Å²) >= 11 is 2.09. The third-order valence-corrected chi connectivity index (χ3v) is 2.46. The van der Waals surface area contributed by atoms with Crippen LogP contribution in [0.2, 0.25) is 0 Å². The molecule has 0 unspecified atom stereocenters. The van der Waals surface area contributed by atoms with Crippen LogP contribution in [0.15, 0.2) is 18.2 Å². The molecule has 0 amide bonds. The van der Waals surface area contributed by atoms with Crippen LogP contribution in [0.25, 0.3) is 0 Å². The van der Waals surface area contributed by atoms with E-state index >= 15 is 0 Å². The summed E-state index contributed by atoms with van der Waals surface area (Å²) in [6.07, 6.45) is 0. The maximum atomic E-state index is 10.7. The molecule has 0 saturated heterocycles. The molecule has 0 radical (unpaired) electrons. The molecule has 0 aromatic heterocycles. The second-order valence-corrected chi connectivity index (χ2v) is 3.95. The Hall–Kier alpha value is -0.820. The molecular formula is C9H10INO3. The average molecular weight is 307 g/mol. The SMILES string of the molecule is COc1ccc(I)cc1[C@H](N)C(=O)O. The first-order valence-corrected chi connectivity index (χ1v) is 4.96. The first-order valence-electron chi connectivity index (χ1n) is 3.88. The van der Waals surface area contributed by atoms with Crippen LogP contribution in [-0.2, 0) is 4.79 Å². The minimum absolute atomic E-state index is 0.493. The Morgan fingerprint density at radius 3 is 2.79 bits per heavy atom. The van der Waals surface area contributed by atoms with Gasteiger partial charge in [0.2, 0.25) is 0 Å². The van der Waals surface area contributed by atoms with Gasteiger partial charge in [0.15, 0.2) is 0 Å². The van der Waals surface area contributed by atoms with E-state index in [9.17, 15) is 4.79 Å². The molecule has 1 rings (SSSR count). The minimum Gasteiger partial charge on any atom is -0.496 e. The number of carboxylic acids is 1. The number of aliphatic carboxylic acids is 1. The Kier molecular flexibility index (Phi) is 3.70. The smallest absolute Gasteiger partial charge is 0.325 e. The summed E-state index contributed by atoms with van der Waals surface area (Å²) in [6.45, 7) is 0. The van der Waals surface area contributed by atoms with E-state index in [2.05, 4.69) is 22.6 Å². The molecule has 0 fully saturated rings. The fourth-order valence-corrected chi connectivity index (χ4v) is 1.60. The predicted molar refractivity (Wildman–Crippen MR) is 60.3 cm³/mol. The van der Waals surface area contributed by atoms with Gasteiger partial charge in [0.05, 0.1) is 7.11 Å². The lowest BCUT2D eigenvalue weighted by Crippen LogP contribution is -2.21. The van der Waals surface area contributed by atoms with Gasteiger partial charge in [-0.2, -0.15) is 0 Å². The van der Waals surface area contributed by atoms with Gasteiger partial charge in [-0.15, -0.1) is 0 Å². The van der Waals surface area contributed by atoms with Crippen molar-refractivity contribution in [1.29, 1.82) is 0 Å². The number of benzene rings is 1. The Bertz CT molecular complexity index is 354. The molecule has 0 heterocycles. The van der Waals surface area contributed by atoms with Gasteiger partial charge in [-0.1, -0.05) is 0 Å².